The first kappa shape index (κ1) is 20.2. The number of benzene rings is 2. The molecule has 0 radical (unpaired) electrons. The summed E-state index contributed by atoms with van der Waals surface area (Å²) in [4.78, 5) is 12.2. The summed E-state index contributed by atoms with van der Waals surface area (Å²) in [5.74, 6) is 0. The zero-order valence-electron chi connectivity index (χ0n) is 14.3. The molecular formula is C17H20N2O5S2. The van der Waals surface area contributed by atoms with Gasteiger partial charge in [-0.3, -0.25) is 5.32 Å². The molecule has 7 nitrogen and oxygen atoms in total. The fraction of sp³-hybridized carbons (Fsp3) is 0.235. The number of hydrogen-bond acceptors (Lipinski definition) is 6. The Balaban J connectivity index is 1.99. The minimum absolute atomic E-state index is 0.0258. The molecule has 1 atom stereocenters. The van der Waals surface area contributed by atoms with Crippen molar-refractivity contribution in [3.05, 3.63) is 54.1 Å². The average molecular weight is 396 g/mol. The van der Waals surface area contributed by atoms with Crippen molar-refractivity contribution in [3.8, 4) is 0 Å². The van der Waals surface area contributed by atoms with Crippen LogP contribution in [0.15, 0.2) is 58.3 Å². The number of rotatable bonds is 7. The second-order valence-electron chi connectivity index (χ2n) is 5.28. The van der Waals surface area contributed by atoms with E-state index in [4.69, 9.17) is 0 Å². The highest BCUT2D eigenvalue weighted by Gasteiger charge is 2.17. The van der Waals surface area contributed by atoms with E-state index in [1.54, 1.807) is 23.9 Å². The largest absolute Gasteiger partial charge is 0.453 e. The second kappa shape index (κ2) is 9.04. The molecular weight excluding hydrogens is 376 g/mol. The lowest BCUT2D eigenvalue weighted by Gasteiger charge is -2.13. The fourth-order valence-corrected chi connectivity index (χ4v) is 3.55. The molecule has 1 amide bonds. The topological polar surface area (TPSA) is 105 Å². The van der Waals surface area contributed by atoms with Crippen LogP contribution in [0.25, 0.3) is 0 Å². The number of aliphatic hydroxyl groups excluding tert-OH is 1. The number of aliphatic hydroxyl groups is 1. The van der Waals surface area contributed by atoms with Crippen molar-refractivity contribution in [2.75, 3.05) is 25.2 Å². The third kappa shape index (κ3) is 5.46. The predicted octanol–water partition coefficient (Wildman–Crippen LogP) is 2.60. The predicted molar refractivity (Wildman–Crippen MR) is 101 cm³/mol. The third-order valence-corrected chi connectivity index (χ3v) is 5.75. The van der Waals surface area contributed by atoms with Gasteiger partial charge < -0.3 is 9.84 Å². The minimum Gasteiger partial charge on any atom is -0.453 e. The summed E-state index contributed by atoms with van der Waals surface area (Å²) in [6, 6.07) is 12.9. The second-order valence-corrected chi connectivity index (χ2v) is 7.93. The molecule has 2 aromatic rings. The molecule has 0 saturated heterocycles. The number of hydrogen-bond donors (Lipinski definition) is 3. The fourth-order valence-electron chi connectivity index (χ4n) is 2.10. The lowest BCUT2D eigenvalue weighted by Crippen LogP contribution is -2.28. The van der Waals surface area contributed by atoms with Crippen LogP contribution in [-0.2, 0) is 14.8 Å². The highest BCUT2D eigenvalue weighted by atomic mass is 32.2. The summed E-state index contributed by atoms with van der Waals surface area (Å²) in [5.41, 5.74) is 1.04. The van der Waals surface area contributed by atoms with Crippen LogP contribution in [0, 0.1) is 0 Å². The van der Waals surface area contributed by atoms with Crippen molar-refractivity contribution in [3.63, 3.8) is 0 Å². The number of thioether (sulfide) groups is 1. The third-order valence-electron chi connectivity index (χ3n) is 3.56. The van der Waals surface area contributed by atoms with E-state index in [1.807, 2.05) is 18.4 Å². The number of nitrogens with one attached hydrogen (secondary N) is 2. The van der Waals surface area contributed by atoms with Crippen LogP contribution in [0.3, 0.4) is 0 Å². The van der Waals surface area contributed by atoms with Gasteiger partial charge in [-0.2, -0.15) is 0 Å². The van der Waals surface area contributed by atoms with E-state index in [1.165, 1.54) is 31.4 Å². The highest BCUT2D eigenvalue weighted by molar-refractivity contribution is 7.98. The molecule has 26 heavy (non-hydrogen) atoms. The number of anilines is 1. The number of sulfonamides is 1. The van der Waals surface area contributed by atoms with Crippen LogP contribution in [0.2, 0.25) is 0 Å². The molecule has 9 heteroatoms. The van der Waals surface area contributed by atoms with E-state index in [0.29, 0.717) is 11.3 Å². The van der Waals surface area contributed by atoms with Gasteiger partial charge in [0.2, 0.25) is 10.0 Å². The quantitative estimate of drug-likeness (QED) is 0.622. The molecule has 2 aromatic carbocycles. The Kier molecular flexibility index (Phi) is 7.04. The first-order valence-corrected chi connectivity index (χ1v) is 10.3. The van der Waals surface area contributed by atoms with Gasteiger partial charge in [0.1, 0.15) is 0 Å². The molecule has 0 fully saturated rings. The Morgan fingerprint density at radius 1 is 1.15 bits per heavy atom. The lowest BCUT2D eigenvalue weighted by molar-refractivity contribution is 0.182. The van der Waals surface area contributed by atoms with E-state index in [-0.39, 0.29) is 11.4 Å². The van der Waals surface area contributed by atoms with Gasteiger partial charge in [-0.1, -0.05) is 12.1 Å². The molecule has 3 N–H and O–H groups in total. The van der Waals surface area contributed by atoms with Gasteiger partial charge >= 0.3 is 6.09 Å². The number of carbonyl (C=O) groups is 1. The lowest BCUT2D eigenvalue weighted by atomic mass is 10.1. The summed E-state index contributed by atoms with van der Waals surface area (Å²) in [7, 11) is -2.55. The Morgan fingerprint density at radius 3 is 2.31 bits per heavy atom. The first-order valence-electron chi connectivity index (χ1n) is 7.62. The average Bonchev–Trinajstić information content (AvgIpc) is 2.66. The van der Waals surface area contributed by atoms with Gasteiger partial charge in [0.15, 0.2) is 0 Å². The Labute approximate surface area is 156 Å². The van der Waals surface area contributed by atoms with Crippen molar-refractivity contribution in [1.82, 2.24) is 4.72 Å². The van der Waals surface area contributed by atoms with Crippen LogP contribution in [0.1, 0.15) is 11.7 Å². The van der Waals surface area contributed by atoms with Gasteiger partial charge in [-0.15, -0.1) is 11.8 Å². The summed E-state index contributed by atoms with van der Waals surface area (Å²) in [6.45, 7) is -0.150. The molecule has 0 aliphatic heterocycles. The smallest absolute Gasteiger partial charge is 0.411 e. The summed E-state index contributed by atoms with van der Waals surface area (Å²) in [5, 5.41) is 12.6. The van der Waals surface area contributed by atoms with Crippen molar-refractivity contribution >= 4 is 33.6 Å². The number of ether oxygens (including phenoxy) is 1. The standard InChI is InChI=1S/C17H20N2O5S2/c1-24-17(21)19-13-5-9-15(10-6-13)26(22,23)18-11-16(20)12-3-7-14(25-2)8-4-12/h3-10,16,18,20H,11H2,1-2H3,(H,19,21). The summed E-state index contributed by atoms with van der Waals surface area (Å²) < 4.78 is 31.5. The van der Waals surface area contributed by atoms with Crippen LogP contribution in [-0.4, -0.2) is 39.5 Å². The van der Waals surface area contributed by atoms with Gasteiger partial charge in [0.05, 0.1) is 18.1 Å². The molecule has 0 bridgehead atoms. The van der Waals surface area contributed by atoms with E-state index in [0.717, 1.165) is 4.90 Å². The van der Waals surface area contributed by atoms with Gasteiger partial charge in [0, 0.05) is 17.1 Å². The Hall–Kier alpha value is -2.07. The Bertz CT molecular complexity index is 836. The van der Waals surface area contributed by atoms with E-state index in [9.17, 15) is 18.3 Å². The molecule has 0 aliphatic carbocycles. The van der Waals surface area contributed by atoms with Crippen molar-refractivity contribution in [2.45, 2.75) is 15.9 Å². The van der Waals surface area contributed by atoms with Crippen LogP contribution >= 0.6 is 11.8 Å². The van der Waals surface area contributed by atoms with Crippen molar-refractivity contribution < 1.29 is 23.1 Å². The molecule has 0 aromatic heterocycles. The van der Waals surface area contributed by atoms with E-state index < -0.39 is 22.2 Å². The Morgan fingerprint density at radius 2 is 1.77 bits per heavy atom. The minimum atomic E-state index is -3.79. The number of amides is 1. The molecule has 140 valence electrons. The number of carbonyl (C=O) groups excluding carboxylic acids is 1. The molecule has 0 spiro atoms. The maximum Gasteiger partial charge on any atom is 0.411 e. The van der Waals surface area contributed by atoms with Crippen molar-refractivity contribution in [2.24, 2.45) is 0 Å². The van der Waals surface area contributed by atoms with E-state index in [2.05, 4.69) is 14.8 Å². The number of methoxy groups -OCH3 is 1. The zero-order valence-corrected chi connectivity index (χ0v) is 15.9. The van der Waals surface area contributed by atoms with Crippen LogP contribution in [0.4, 0.5) is 10.5 Å². The SMILES string of the molecule is COC(=O)Nc1ccc(S(=O)(=O)NCC(O)c2ccc(SC)cc2)cc1. The van der Waals surface area contributed by atoms with Gasteiger partial charge in [0.25, 0.3) is 0 Å². The van der Waals surface area contributed by atoms with Crippen molar-refractivity contribution in [1.29, 1.82) is 0 Å². The molecule has 0 heterocycles. The summed E-state index contributed by atoms with van der Waals surface area (Å²) in [6.07, 6.45) is 0.348. The molecule has 1 unspecified atom stereocenters. The zero-order chi connectivity index (χ0) is 19.2. The molecule has 2 rings (SSSR count). The highest BCUT2D eigenvalue weighted by Crippen LogP contribution is 2.19. The molecule has 0 aliphatic rings. The summed E-state index contributed by atoms with van der Waals surface area (Å²) >= 11 is 1.58. The maximum absolute atomic E-state index is 12.3. The monoisotopic (exact) mass is 396 g/mol. The maximum atomic E-state index is 12.3. The van der Waals surface area contributed by atoms with Gasteiger partial charge in [-0.25, -0.2) is 17.9 Å². The first-order chi connectivity index (χ1) is 12.4. The normalized spacial score (nSPS) is 12.4. The molecule has 0 saturated carbocycles. The van der Waals surface area contributed by atoms with Crippen LogP contribution in [0.5, 0.6) is 0 Å². The van der Waals surface area contributed by atoms with E-state index >= 15 is 0 Å². The van der Waals surface area contributed by atoms with Gasteiger partial charge in [-0.05, 0) is 48.2 Å². The van der Waals surface area contributed by atoms with Crippen LogP contribution < -0.4 is 10.0 Å².